The Bertz CT molecular complexity index is 481. The highest BCUT2D eigenvalue weighted by molar-refractivity contribution is 6.13. The third-order valence-corrected chi connectivity index (χ3v) is 3.09. The van der Waals surface area contributed by atoms with Crippen molar-refractivity contribution in [3.05, 3.63) is 35.4 Å². The number of benzene rings is 1. The fraction of sp³-hybridized carbons (Fsp3) is 0.333. The summed E-state index contributed by atoms with van der Waals surface area (Å²) in [5.41, 5.74) is 1.72. The van der Waals surface area contributed by atoms with E-state index in [9.17, 15) is 4.79 Å². The molecule has 0 aromatic heterocycles. The van der Waals surface area contributed by atoms with Crippen LogP contribution < -0.4 is 0 Å². The van der Waals surface area contributed by atoms with Gasteiger partial charge in [-0.2, -0.15) is 0 Å². The summed E-state index contributed by atoms with van der Waals surface area (Å²) in [7, 11) is 1.80. The fourth-order valence-electron chi connectivity index (χ4n) is 2.26. The zero-order valence-corrected chi connectivity index (χ0v) is 9.18. The smallest absolute Gasteiger partial charge is 0.267 e. The Morgan fingerprint density at radius 2 is 2.00 bits per heavy atom. The first-order chi connectivity index (χ1) is 7.79. The maximum atomic E-state index is 12.1. The van der Waals surface area contributed by atoms with Crippen molar-refractivity contribution in [3.8, 4) is 0 Å². The van der Waals surface area contributed by atoms with Crippen LogP contribution in [0.25, 0.3) is 0 Å². The Balaban J connectivity index is 2.21. The lowest BCUT2D eigenvalue weighted by atomic mass is 10.0. The number of amidine groups is 1. The maximum Gasteiger partial charge on any atom is 0.272 e. The summed E-state index contributed by atoms with van der Waals surface area (Å²) in [5.74, 6) is 0.986. The summed E-state index contributed by atoms with van der Waals surface area (Å²) < 4.78 is 0. The minimum absolute atomic E-state index is 0.0523. The number of carbonyl (C=O) groups excluding carboxylic acids is 1. The highest BCUT2D eigenvalue weighted by atomic mass is 16.2. The fourth-order valence-corrected chi connectivity index (χ4v) is 2.26. The van der Waals surface area contributed by atoms with Crippen molar-refractivity contribution < 1.29 is 4.79 Å². The number of fused-ring (bicyclic) bond motifs is 3. The third-order valence-electron chi connectivity index (χ3n) is 3.09. The Hall–Kier alpha value is -1.84. The molecule has 1 aromatic rings. The molecule has 2 aliphatic rings. The van der Waals surface area contributed by atoms with Crippen LogP contribution in [0.15, 0.2) is 29.3 Å². The van der Waals surface area contributed by atoms with Crippen molar-refractivity contribution in [2.24, 2.45) is 4.99 Å². The molecule has 4 heteroatoms. The number of nitrogens with zero attached hydrogens (tertiary/aromatic N) is 3. The molecule has 0 aliphatic carbocycles. The molecule has 0 atom stereocenters. The van der Waals surface area contributed by atoms with Gasteiger partial charge in [0.25, 0.3) is 5.91 Å². The predicted octanol–water partition coefficient (Wildman–Crippen LogP) is 1.14. The van der Waals surface area contributed by atoms with Crippen LogP contribution in [0.2, 0.25) is 0 Å². The second-order valence-corrected chi connectivity index (χ2v) is 4.06. The summed E-state index contributed by atoms with van der Waals surface area (Å²) >= 11 is 0. The molecule has 0 radical (unpaired) electrons. The molecular formula is C12H13N3O. The molecule has 0 unspecified atom stereocenters. The van der Waals surface area contributed by atoms with E-state index in [1.807, 2.05) is 29.3 Å². The zero-order chi connectivity index (χ0) is 11.1. The molecule has 0 bridgehead atoms. The first kappa shape index (κ1) is 9.39. The summed E-state index contributed by atoms with van der Waals surface area (Å²) in [6.45, 7) is 1.72. The van der Waals surface area contributed by atoms with Crippen molar-refractivity contribution in [2.75, 3.05) is 20.1 Å². The van der Waals surface area contributed by atoms with Crippen LogP contribution in [0, 0.1) is 0 Å². The van der Waals surface area contributed by atoms with Gasteiger partial charge in [-0.1, -0.05) is 18.2 Å². The second-order valence-electron chi connectivity index (χ2n) is 4.06. The maximum absolute atomic E-state index is 12.1. The molecule has 1 aromatic carbocycles. The van der Waals surface area contributed by atoms with E-state index in [4.69, 9.17) is 0 Å². The van der Waals surface area contributed by atoms with E-state index in [-0.39, 0.29) is 5.91 Å². The lowest BCUT2D eigenvalue weighted by molar-refractivity contribution is 0.0372. The summed E-state index contributed by atoms with van der Waals surface area (Å²) in [4.78, 5) is 16.6. The third kappa shape index (κ3) is 1.16. The van der Waals surface area contributed by atoms with Crippen LogP contribution in [0.1, 0.15) is 22.3 Å². The van der Waals surface area contributed by atoms with Crippen molar-refractivity contribution in [3.63, 3.8) is 0 Å². The van der Waals surface area contributed by atoms with E-state index in [0.717, 1.165) is 36.5 Å². The number of hydrogen-bond donors (Lipinski definition) is 0. The molecule has 2 heterocycles. The Morgan fingerprint density at radius 3 is 2.81 bits per heavy atom. The van der Waals surface area contributed by atoms with Gasteiger partial charge in [0.05, 0.1) is 5.56 Å². The molecule has 0 saturated heterocycles. The minimum atomic E-state index is 0.0523. The Morgan fingerprint density at radius 1 is 1.25 bits per heavy atom. The molecular weight excluding hydrogens is 202 g/mol. The molecule has 0 saturated carbocycles. The van der Waals surface area contributed by atoms with Crippen molar-refractivity contribution in [1.29, 1.82) is 0 Å². The molecule has 1 amide bonds. The molecule has 82 valence electrons. The van der Waals surface area contributed by atoms with Crippen LogP contribution in [0.3, 0.4) is 0 Å². The molecule has 0 N–H and O–H groups in total. The quantitative estimate of drug-likeness (QED) is 0.650. The van der Waals surface area contributed by atoms with Gasteiger partial charge in [0.1, 0.15) is 0 Å². The molecule has 0 fully saturated rings. The summed E-state index contributed by atoms with van der Waals surface area (Å²) in [6.07, 6.45) is 1.00. The van der Waals surface area contributed by atoms with Crippen LogP contribution in [-0.4, -0.2) is 41.9 Å². The van der Waals surface area contributed by atoms with E-state index in [1.54, 1.807) is 12.1 Å². The number of rotatable bonds is 0. The van der Waals surface area contributed by atoms with Gasteiger partial charge >= 0.3 is 0 Å². The van der Waals surface area contributed by atoms with Gasteiger partial charge in [0.15, 0.2) is 5.84 Å². The topological polar surface area (TPSA) is 35.9 Å². The van der Waals surface area contributed by atoms with Crippen molar-refractivity contribution in [1.82, 2.24) is 10.0 Å². The average molecular weight is 215 g/mol. The number of aliphatic imine (C=N–C) groups is 1. The zero-order valence-electron chi connectivity index (χ0n) is 9.18. The number of amides is 1. The lowest BCUT2D eigenvalue weighted by Crippen LogP contribution is -2.53. The first-order valence-electron chi connectivity index (χ1n) is 5.48. The van der Waals surface area contributed by atoms with E-state index in [0.29, 0.717) is 0 Å². The SMILES string of the molecule is CN1C(=O)c2ccccc2C2=NCCCN21. The van der Waals surface area contributed by atoms with Crippen LogP contribution in [0.5, 0.6) is 0 Å². The predicted molar refractivity (Wildman–Crippen MR) is 61.3 cm³/mol. The Kier molecular flexibility index (Phi) is 1.96. The van der Waals surface area contributed by atoms with Crippen molar-refractivity contribution >= 4 is 11.7 Å². The van der Waals surface area contributed by atoms with Gasteiger partial charge in [0, 0.05) is 25.7 Å². The molecule has 2 aliphatic heterocycles. The highest BCUT2D eigenvalue weighted by Gasteiger charge is 2.33. The largest absolute Gasteiger partial charge is 0.272 e. The van der Waals surface area contributed by atoms with Gasteiger partial charge < -0.3 is 0 Å². The van der Waals surface area contributed by atoms with E-state index in [2.05, 4.69) is 4.99 Å². The molecule has 0 spiro atoms. The highest BCUT2D eigenvalue weighted by Crippen LogP contribution is 2.23. The molecule has 16 heavy (non-hydrogen) atoms. The average Bonchev–Trinajstić information content (AvgIpc) is 2.36. The van der Waals surface area contributed by atoms with Gasteiger partial charge in [-0.3, -0.25) is 19.8 Å². The van der Waals surface area contributed by atoms with Gasteiger partial charge in [-0.15, -0.1) is 0 Å². The van der Waals surface area contributed by atoms with Crippen LogP contribution >= 0.6 is 0 Å². The van der Waals surface area contributed by atoms with Crippen LogP contribution in [0.4, 0.5) is 0 Å². The molecule has 3 rings (SSSR count). The van der Waals surface area contributed by atoms with Gasteiger partial charge in [-0.05, 0) is 12.5 Å². The number of hydrogen-bond acceptors (Lipinski definition) is 3. The van der Waals surface area contributed by atoms with E-state index in [1.165, 1.54) is 0 Å². The van der Waals surface area contributed by atoms with E-state index >= 15 is 0 Å². The standard InChI is InChI=1S/C12H13N3O/c1-14-12(16)10-6-3-2-5-9(10)11-13-7-4-8-15(11)14/h2-3,5-6H,4,7-8H2,1H3. The van der Waals surface area contributed by atoms with Crippen LogP contribution in [-0.2, 0) is 0 Å². The second kappa shape index (κ2) is 3.33. The van der Waals surface area contributed by atoms with Gasteiger partial charge in [-0.25, -0.2) is 0 Å². The molecule has 4 nitrogen and oxygen atoms in total. The lowest BCUT2D eigenvalue weighted by Gasteiger charge is -2.40. The normalized spacial score (nSPS) is 19.1. The number of carbonyl (C=O) groups is 1. The number of hydrazine groups is 1. The van der Waals surface area contributed by atoms with Crippen molar-refractivity contribution in [2.45, 2.75) is 6.42 Å². The monoisotopic (exact) mass is 215 g/mol. The first-order valence-corrected chi connectivity index (χ1v) is 5.48. The van der Waals surface area contributed by atoms with E-state index < -0.39 is 0 Å². The van der Waals surface area contributed by atoms with Gasteiger partial charge in [0.2, 0.25) is 0 Å². The summed E-state index contributed by atoms with van der Waals surface area (Å²) in [6, 6.07) is 7.68. The summed E-state index contributed by atoms with van der Waals surface area (Å²) in [5, 5.41) is 3.63. The Labute approximate surface area is 94.2 Å². The minimum Gasteiger partial charge on any atom is -0.267 e.